The molecule has 11 heteroatoms. The number of halogens is 8. The molecule has 0 atom stereocenters. The van der Waals surface area contributed by atoms with E-state index in [-0.39, 0.29) is 17.7 Å². The highest BCUT2D eigenvalue weighted by Crippen LogP contribution is 2.37. The fourth-order valence-corrected chi connectivity index (χ4v) is 2.55. The largest absolute Gasteiger partial charge is 0.416 e. The van der Waals surface area contributed by atoms with Crippen molar-refractivity contribution in [3.05, 3.63) is 63.1 Å². The van der Waals surface area contributed by atoms with Crippen molar-refractivity contribution in [2.45, 2.75) is 18.9 Å². The zero-order valence-corrected chi connectivity index (χ0v) is 15.4. The van der Waals surface area contributed by atoms with Gasteiger partial charge in [0.2, 0.25) is 0 Å². The maximum atomic E-state index is 12.8. The van der Waals surface area contributed by atoms with Gasteiger partial charge in [-0.15, -0.1) is 0 Å². The highest BCUT2D eigenvalue weighted by Gasteiger charge is 2.37. The van der Waals surface area contributed by atoms with Crippen molar-refractivity contribution in [3.8, 4) is 0 Å². The number of hydrogen-bond donors (Lipinski definition) is 2. The van der Waals surface area contributed by atoms with Gasteiger partial charge in [0.15, 0.2) is 5.11 Å². The molecule has 2 rings (SSSR count). The molecule has 2 aromatic rings. The van der Waals surface area contributed by atoms with Crippen LogP contribution in [0.1, 0.15) is 16.7 Å². The van der Waals surface area contributed by atoms with Gasteiger partial charge >= 0.3 is 12.4 Å². The molecule has 0 aliphatic heterocycles. The summed E-state index contributed by atoms with van der Waals surface area (Å²) in [5.41, 5.74) is -2.66. The minimum absolute atomic E-state index is 0.0391. The lowest BCUT2D eigenvalue weighted by Gasteiger charge is -2.16. The molecule has 0 fully saturated rings. The Morgan fingerprint density at radius 2 is 1.41 bits per heavy atom. The summed E-state index contributed by atoms with van der Waals surface area (Å²) in [5, 5.41) is 5.46. The monoisotopic (exact) mass is 446 g/mol. The smallest absolute Gasteiger partial charge is 0.358 e. The Balaban J connectivity index is 2.15. The summed E-state index contributed by atoms with van der Waals surface area (Å²) in [6.45, 7) is 0.133. The predicted molar refractivity (Wildman–Crippen MR) is 96.0 cm³/mol. The number of rotatable bonds is 3. The Bertz CT molecular complexity index is 820. The maximum absolute atomic E-state index is 12.8. The van der Waals surface area contributed by atoms with Crippen molar-refractivity contribution in [3.63, 3.8) is 0 Å². The summed E-state index contributed by atoms with van der Waals surface area (Å²) >= 11 is 16.6. The van der Waals surface area contributed by atoms with Crippen molar-refractivity contribution in [2.24, 2.45) is 0 Å². The van der Waals surface area contributed by atoms with Crippen LogP contribution in [0.15, 0.2) is 36.4 Å². The molecule has 0 saturated heterocycles. The van der Waals surface area contributed by atoms with Gasteiger partial charge in [-0.2, -0.15) is 26.3 Å². The van der Waals surface area contributed by atoms with Gasteiger partial charge in [-0.3, -0.25) is 0 Å². The van der Waals surface area contributed by atoms with Crippen molar-refractivity contribution in [1.82, 2.24) is 5.32 Å². The standard InChI is InChI=1S/C16H10Cl2F6N2S/c17-12-2-1-8(3-13(12)18)7-25-14(27)26-11-5-9(15(19,20)21)4-10(6-11)16(22,23)24/h1-6H,7H2,(H2,25,26,27). The van der Waals surface area contributed by atoms with Crippen LogP contribution in [0.5, 0.6) is 0 Å². The lowest BCUT2D eigenvalue weighted by atomic mass is 10.1. The van der Waals surface area contributed by atoms with Crippen LogP contribution in [0.2, 0.25) is 10.0 Å². The zero-order chi connectivity index (χ0) is 20.4. The van der Waals surface area contributed by atoms with Crippen molar-refractivity contribution >= 4 is 46.2 Å². The van der Waals surface area contributed by atoms with E-state index in [2.05, 4.69) is 10.6 Å². The molecule has 0 heterocycles. The van der Waals surface area contributed by atoms with Crippen LogP contribution in [0, 0.1) is 0 Å². The molecule has 0 spiro atoms. The molecule has 27 heavy (non-hydrogen) atoms. The van der Waals surface area contributed by atoms with Crippen LogP contribution in [0.4, 0.5) is 32.0 Å². The molecule has 2 nitrogen and oxygen atoms in total. The van der Waals surface area contributed by atoms with Gasteiger partial charge in [0, 0.05) is 12.2 Å². The number of benzene rings is 2. The van der Waals surface area contributed by atoms with Crippen LogP contribution < -0.4 is 10.6 Å². The van der Waals surface area contributed by atoms with Gasteiger partial charge < -0.3 is 10.6 Å². The second-order valence-electron chi connectivity index (χ2n) is 5.35. The summed E-state index contributed by atoms with van der Waals surface area (Å²) in [6, 6.07) is 5.85. The van der Waals surface area contributed by atoms with Gasteiger partial charge in [-0.25, -0.2) is 0 Å². The number of anilines is 1. The highest BCUT2D eigenvalue weighted by atomic mass is 35.5. The second-order valence-corrected chi connectivity index (χ2v) is 6.57. The number of alkyl halides is 6. The minimum atomic E-state index is -4.94. The molecule has 0 saturated carbocycles. The van der Waals surface area contributed by atoms with E-state index in [0.29, 0.717) is 27.7 Å². The van der Waals surface area contributed by atoms with Crippen LogP contribution in [-0.4, -0.2) is 5.11 Å². The van der Waals surface area contributed by atoms with E-state index in [4.69, 9.17) is 35.4 Å². The average Bonchev–Trinajstić information content (AvgIpc) is 2.54. The molecule has 2 N–H and O–H groups in total. The zero-order valence-electron chi connectivity index (χ0n) is 13.1. The molecule has 0 unspecified atom stereocenters. The van der Waals surface area contributed by atoms with E-state index < -0.39 is 29.2 Å². The average molecular weight is 447 g/mol. The first-order chi connectivity index (χ1) is 12.4. The van der Waals surface area contributed by atoms with Gasteiger partial charge in [-0.05, 0) is 48.1 Å². The SMILES string of the molecule is FC(F)(F)c1cc(NC(=S)NCc2ccc(Cl)c(Cl)c2)cc(C(F)(F)F)c1. The molecule has 0 radical (unpaired) electrons. The van der Waals surface area contributed by atoms with E-state index in [9.17, 15) is 26.3 Å². The molecule has 0 bridgehead atoms. The number of hydrogen-bond acceptors (Lipinski definition) is 1. The number of thiocarbonyl (C=S) groups is 1. The van der Waals surface area contributed by atoms with Crippen LogP contribution in [0.3, 0.4) is 0 Å². The Labute approximate surface area is 165 Å². The molecule has 2 aromatic carbocycles. The van der Waals surface area contributed by atoms with Crippen LogP contribution in [0.25, 0.3) is 0 Å². The first-order valence-corrected chi connectivity index (χ1v) is 8.31. The van der Waals surface area contributed by atoms with Gasteiger partial charge in [0.1, 0.15) is 0 Å². The fraction of sp³-hybridized carbons (Fsp3) is 0.188. The molecule has 0 aliphatic rings. The Hall–Kier alpha value is -1.71. The molecular weight excluding hydrogens is 437 g/mol. The Kier molecular flexibility index (Phi) is 6.49. The molecule has 146 valence electrons. The highest BCUT2D eigenvalue weighted by molar-refractivity contribution is 7.80. The minimum Gasteiger partial charge on any atom is -0.358 e. The van der Waals surface area contributed by atoms with E-state index in [0.717, 1.165) is 0 Å². The Morgan fingerprint density at radius 1 is 0.852 bits per heavy atom. The first kappa shape index (κ1) is 21.6. The van der Waals surface area contributed by atoms with Gasteiger partial charge in [0.25, 0.3) is 0 Å². The van der Waals surface area contributed by atoms with Gasteiger partial charge in [-0.1, -0.05) is 29.3 Å². The predicted octanol–water partition coefficient (Wildman–Crippen LogP) is 6.52. The lowest BCUT2D eigenvalue weighted by molar-refractivity contribution is -0.143. The quantitative estimate of drug-likeness (QED) is 0.414. The van der Waals surface area contributed by atoms with Crippen molar-refractivity contribution in [1.29, 1.82) is 0 Å². The third kappa shape index (κ3) is 6.15. The molecular formula is C16H10Cl2F6N2S. The topological polar surface area (TPSA) is 24.1 Å². The van der Waals surface area contributed by atoms with E-state index in [1.165, 1.54) is 0 Å². The summed E-state index contributed by atoms with van der Waals surface area (Å²) in [6.07, 6.45) is -9.88. The van der Waals surface area contributed by atoms with Crippen LogP contribution >= 0.6 is 35.4 Å². The third-order valence-corrected chi connectivity index (χ3v) is 4.27. The summed E-state index contributed by atoms with van der Waals surface area (Å²) in [4.78, 5) is 0. The Morgan fingerprint density at radius 3 is 1.89 bits per heavy atom. The summed E-state index contributed by atoms with van der Waals surface area (Å²) in [5.74, 6) is 0. The van der Waals surface area contributed by atoms with Crippen molar-refractivity contribution in [2.75, 3.05) is 5.32 Å². The molecule has 0 aliphatic carbocycles. The van der Waals surface area contributed by atoms with E-state index >= 15 is 0 Å². The fourth-order valence-electron chi connectivity index (χ4n) is 2.03. The normalized spacial score (nSPS) is 12.0. The van der Waals surface area contributed by atoms with Gasteiger partial charge in [0.05, 0.1) is 21.2 Å². The second kappa shape index (κ2) is 8.12. The molecule has 0 aromatic heterocycles. The van der Waals surface area contributed by atoms with Crippen molar-refractivity contribution < 1.29 is 26.3 Å². The maximum Gasteiger partial charge on any atom is 0.416 e. The third-order valence-electron chi connectivity index (χ3n) is 3.28. The molecule has 0 amide bonds. The first-order valence-electron chi connectivity index (χ1n) is 7.14. The van der Waals surface area contributed by atoms with Crippen LogP contribution in [-0.2, 0) is 18.9 Å². The van der Waals surface area contributed by atoms with E-state index in [1.54, 1.807) is 18.2 Å². The number of nitrogens with one attached hydrogen (secondary N) is 2. The lowest BCUT2D eigenvalue weighted by Crippen LogP contribution is -2.28. The summed E-state index contributed by atoms with van der Waals surface area (Å²) < 4.78 is 77.1. The summed E-state index contributed by atoms with van der Waals surface area (Å²) in [7, 11) is 0. The van der Waals surface area contributed by atoms with E-state index in [1.807, 2.05) is 0 Å².